The molecule has 0 saturated heterocycles. The molecule has 1 aliphatic rings. The summed E-state index contributed by atoms with van der Waals surface area (Å²) in [5, 5.41) is 18.2. The third-order valence-electron chi connectivity index (χ3n) is 4.88. The molecule has 1 unspecified atom stereocenters. The molecule has 2 amide bonds. The zero-order valence-electron chi connectivity index (χ0n) is 17.7. The van der Waals surface area contributed by atoms with E-state index >= 15 is 0 Å². The van der Waals surface area contributed by atoms with Crippen LogP contribution in [-0.2, 0) is 21.4 Å². The lowest BCUT2D eigenvalue weighted by Gasteiger charge is -2.35. The van der Waals surface area contributed by atoms with Gasteiger partial charge in [0, 0.05) is 19.2 Å². The number of rotatable bonds is 6. The van der Waals surface area contributed by atoms with Gasteiger partial charge in [-0.2, -0.15) is 5.10 Å². The molecule has 31 heavy (non-hydrogen) atoms. The van der Waals surface area contributed by atoms with Crippen molar-refractivity contribution in [2.24, 2.45) is 0 Å². The van der Waals surface area contributed by atoms with Gasteiger partial charge in [0.25, 0.3) is 10.0 Å². The first-order valence-electron chi connectivity index (χ1n) is 9.66. The number of ether oxygens (including phenoxy) is 1. The molecular formula is C19H25N5O6S. The fraction of sp³-hybridized carbons (Fsp3) is 0.421. The molecule has 0 spiro atoms. The maximum Gasteiger partial charge on any atom is 0.409 e. The highest BCUT2D eigenvalue weighted by Crippen LogP contribution is 2.39. The number of nitrogens with zero attached hydrogens (tertiary/aromatic N) is 3. The fourth-order valence-electron chi connectivity index (χ4n) is 3.58. The standard InChI is InChI=1S/C19H25N5O6S/c1-5-23-12(3)18(11(2)22-23)31(28,29)24-10-15(9-20-13(4)25)30-17-7-6-14(8-16(17)24)21-19(26)27/h6-8,15,21H,5,9-10H2,1-4H3,(H,20,25)(H,26,27). The van der Waals surface area contributed by atoms with E-state index in [9.17, 15) is 18.0 Å². The van der Waals surface area contributed by atoms with Gasteiger partial charge in [0.2, 0.25) is 5.91 Å². The average molecular weight is 452 g/mol. The number of benzene rings is 1. The molecule has 1 aromatic carbocycles. The maximum atomic E-state index is 13.7. The molecule has 2 heterocycles. The number of aromatic nitrogens is 2. The van der Waals surface area contributed by atoms with Crippen LogP contribution in [0.4, 0.5) is 16.2 Å². The van der Waals surface area contributed by atoms with Crippen LogP contribution >= 0.6 is 0 Å². The number of hydrogen-bond donors (Lipinski definition) is 3. The van der Waals surface area contributed by atoms with Crippen molar-refractivity contribution in [2.75, 3.05) is 22.7 Å². The summed E-state index contributed by atoms with van der Waals surface area (Å²) in [6.07, 6.45) is -1.91. The largest absolute Gasteiger partial charge is 0.484 e. The first-order chi connectivity index (χ1) is 14.5. The van der Waals surface area contributed by atoms with Gasteiger partial charge in [-0.15, -0.1) is 0 Å². The molecule has 1 aliphatic heterocycles. The molecule has 1 atom stereocenters. The molecule has 0 radical (unpaired) electrons. The van der Waals surface area contributed by atoms with Crippen LogP contribution in [0.2, 0.25) is 0 Å². The third-order valence-corrected chi connectivity index (χ3v) is 6.92. The van der Waals surface area contributed by atoms with Crippen LogP contribution in [0.25, 0.3) is 0 Å². The van der Waals surface area contributed by atoms with E-state index in [1.165, 1.54) is 29.4 Å². The Morgan fingerprint density at radius 1 is 1.32 bits per heavy atom. The van der Waals surface area contributed by atoms with E-state index < -0.39 is 22.2 Å². The molecule has 0 bridgehead atoms. The molecule has 11 nitrogen and oxygen atoms in total. The van der Waals surface area contributed by atoms with Gasteiger partial charge in [0.05, 0.1) is 30.2 Å². The van der Waals surface area contributed by atoms with Gasteiger partial charge in [-0.3, -0.25) is 19.1 Å². The van der Waals surface area contributed by atoms with Crippen molar-refractivity contribution in [3.63, 3.8) is 0 Å². The molecular weight excluding hydrogens is 426 g/mol. The Morgan fingerprint density at radius 3 is 2.61 bits per heavy atom. The van der Waals surface area contributed by atoms with E-state index in [-0.39, 0.29) is 41.0 Å². The molecule has 0 aliphatic carbocycles. The van der Waals surface area contributed by atoms with Crippen LogP contribution in [0.3, 0.4) is 0 Å². The van der Waals surface area contributed by atoms with Gasteiger partial charge < -0.3 is 15.2 Å². The minimum atomic E-state index is -4.06. The minimum Gasteiger partial charge on any atom is -0.484 e. The van der Waals surface area contributed by atoms with Gasteiger partial charge in [0.15, 0.2) is 0 Å². The van der Waals surface area contributed by atoms with Crippen molar-refractivity contribution < 1.29 is 27.9 Å². The lowest BCUT2D eigenvalue weighted by atomic mass is 10.2. The van der Waals surface area contributed by atoms with Crippen molar-refractivity contribution in [2.45, 2.75) is 45.2 Å². The van der Waals surface area contributed by atoms with E-state index in [1.54, 1.807) is 18.5 Å². The molecule has 3 rings (SSSR count). The Balaban J connectivity index is 2.11. The number of anilines is 2. The number of fused-ring (bicyclic) bond motifs is 1. The molecule has 3 N–H and O–H groups in total. The van der Waals surface area contributed by atoms with E-state index in [0.717, 1.165) is 0 Å². The number of hydrogen-bond acceptors (Lipinski definition) is 6. The number of carboxylic acid groups (broad SMARTS) is 1. The predicted molar refractivity (Wildman–Crippen MR) is 113 cm³/mol. The predicted octanol–water partition coefficient (Wildman–Crippen LogP) is 1.70. The van der Waals surface area contributed by atoms with Crippen LogP contribution in [0.1, 0.15) is 25.2 Å². The van der Waals surface area contributed by atoms with Crippen LogP contribution in [-0.4, -0.2) is 54.5 Å². The lowest BCUT2D eigenvalue weighted by Crippen LogP contribution is -2.48. The first-order valence-corrected chi connectivity index (χ1v) is 11.1. The Hall–Kier alpha value is -3.28. The summed E-state index contributed by atoms with van der Waals surface area (Å²) in [4.78, 5) is 22.5. The first kappa shape index (κ1) is 22.4. The van der Waals surface area contributed by atoms with Crippen molar-refractivity contribution in [3.8, 4) is 5.75 Å². The highest BCUT2D eigenvalue weighted by Gasteiger charge is 2.38. The lowest BCUT2D eigenvalue weighted by molar-refractivity contribution is -0.119. The van der Waals surface area contributed by atoms with Crippen LogP contribution < -0.4 is 19.7 Å². The van der Waals surface area contributed by atoms with Crippen LogP contribution in [0, 0.1) is 13.8 Å². The fourth-order valence-corrected chi connectivity index (χ4v) is 5.45. The summed E-state index contributed by atoms with van der Waals surface area (Å²) >= 11 is 0. The zero-order valence-corrected chi connectivity index (χ0v) is 18.5. The number of amides is 2. The Bertz CT molecular complexity index is 1130. The molecule has 168 valence electrons. The van der Waals surface area contributed by atoms with Crippen molar-refractivity contribution in [1.82, 2.24) is 15.1 Å². The summed E-state index contributed by atoms with van der Waals surface area (Å²) < 4.78 is 36.1. The van der Waals surface area contributed by atoms with Crippen LogP contribution in [0.5, 0.6) is 5.75 Å². The Kier molecular flexibility index (Phi) is 6.11. The van der Waals surface area contributed by atoms with Crippen LogP contribution in [0.15, 0.2) is 23.1 Å². The SMILES string of the molecule is CCn1nc(C)c(S(=O)(=O)N2CC(CNC(C)=O)Oc3ccc(NC(=O)O)cc32)c1C. The second-order valence-corrected chi connectivity index (χ2v) is 8.94. The van der Waals surface area contributed by atoms with Crippen molar-refractivity contribution in [3.05, 3.63) is 29.6 Å². The highest BCUT2D eigenvalue weighted by atomic mass is 32.2. The molecule has 12 heteroatoms. The van der Waals surface area contributed by atoms with E-state index in [1.807, 2.05) is 6.92 Å². The molecule has 0 saturated carbocycles. The Labute approximate surface area is 180 Å². The number of nitrogens with one attached hydrogen (secondary N) is 2. The van der Waals surface area contributed by atoms with Gasteiger partial charge in [0.1, 0.15) is 16.7 Å². The van der Waals surface area contributed by atoms with Gasteiger partial charge in [-0.1, -0.05) is 0 Å². The third kappa shape index (κ3) is 4.43. The van der Waals surface area contributed by atoms with Crippen molar-refractivity contribution in [1.29, 1.82) is 0 Å². The zero-order chi connectivity index (χ0) is 22.9. The number of carbonyl (C=O) groups excluding carboxylic acids is 1. The average Bonchev–Trinajstić information content (AvgIpc) is 2.99. The smallest absolute Gasteiger partial charge is 0.409 e. The maximum absolute atomic E-state index is 13.7. The summed E-state index contributed by atoms with van der Waals surface area (Å²) in [5.74, 6) is 0.0000246. The minimum absolute atomic E-state index is 0.0671. The number of sulfonamides is 1. The van der Waals surface area contributed by atoms with E-state index in [0.29, 0.717) is 17.9 Å². The monoisotopic (exact) mass is 451 g/mol. The van der Waals surface area contributed by atoms with Crippen molar-refractivity contribution >= 4 is 33.4 Å². The van der Waals surface area contributed by atoms with Gasteiger partial charge in [-0.05, 0) is 39.0 Å². The quantitative estimate of drug-likeness (QED) is 0.606. The molecule has 0 fully saturated rings. The number of carbonyl (C=O) groups is 2. The molecule has 2 aromatic rings. The van der Waals surface area contributed by atoms with E-state index in [2.05, 4.69) is 15.7 Å². The normalized spacial score (nSPS) is 15.7. The van der Waals surface area contributed by atoms with Gasteiger partial charge in [-0.25, -0.2) is 13.2 Å². The summed E-state index contributed by atoms with van der Waals surface area (Å²) in [5.41, 5.74) is 1.28. The summed E-state index contributed by atoms with van der Waals surface area (Å²) in [6.45, 7) is 7.11. The Morgan fingerprint density at radius 2 is 2.03 bits per heavy atom. The number of aryl methyl sites for hydroxylation is 2. The second-order valence-electron chi connectivity index (χ2n) is 7.14. The van der Waals surface area contributed by atoms with E-state index in [4.69, 9.17) is 9.84 Å². The summed E-state index contributed by atoms with van der Waals surface area (Å²) in [7, 11) is -4.06. The highest BCUT2D eigenvalue weighted by molar-refractivity contribution is 7.93. The topological polar surface area (TPSA) is 143 Å². The summed E-state index contributed by atoms with van der Waals surface area (Å²) in [6, 6.07) is 4.38. The second kappa shape index (κ2) is 8.46. The molecule has 1 aromatic heterocycles. The van der Waals surface area contributed by atoms with Gasteiger partial charge >= 0.3 is 6.09 Å².